The predicted molar refractivity (Wildman–Crippen MR) is 72.0 cm³/mol. The highest BCUT2D eigenvalue weighted by molar-refractivity contribution is 5.99. The SMILES string of the molecule is [N-]=[N+]=NC(=O)c1cnc(-c2ccccc2)cc1N=[N+]=[N-]. The molecule has 8 nitrogen and oxygen atoms in total. The van der Waals surface area contributed by atoms with Gasteiger partial charge in [-0.25, -0.2) is 0 Å². The first-order valence-electron chi connectivity index (χ1n) is 5.46. The van der Waals surface area contributed by atoms with E-state index in [2.05, 4.69) is 25.0 Å². The molecule has 1 amide bonds. The van der Waals surface area contributed by atoms with E-state index in [-0.39, 0.29) is 11.3 Å². The van der Waals surface area contributed by atoms with E-state index >= 15 is 0 Å². The number of carbonyl (C=O) groups excluding carboxylic acids is 1. The zero-order chi connectivity index (χ0) is 14.4. The standard InChI is InChI=1S/C12H7N7O/c13-18-16-11-6-10(8-4-2-1-3-5-8)15-7-9(11)12(20)17-19-14/h1-7H. The van der Waals surface area contributed by atoms with Crippen molar-refractivity contribution in [3.63, 3.8) is 0 Å². The van der Waals surface area contributed by atoms with Gasteiger partial charge in [-0.05, 0) is 22.2 Å². The number of pyridine rings is 1. The Kier molecular flexibility index (Phi) is 3.94. The van der Waals surface area contributed by atoms with Crippen LogP contribution in [-0.4, -0.2) is 10.9 Å². The zero-order valence-electron chi connectivity index (χ0n) is 10.1. The Morgan fingerprint density at radius 2 is 1.90 bits per heavy atom. The van der Waals surface area contributed by atoms with Gasteiger partial charge in [0, 0.05) is 21.6 Å². The van der Waals surface area contributed by atoms with Crippen LogP contribution in [0.2, 0.25) is 0 Å². The third-order valence-corrected chi connectivity index (χ3v) is 2.47. The molecular weight excluding hydrogens is 258 g/mol. The Morgan fingerprint density at radius 3 is 2.55 bits per heavy atom. The third-order valence-electron chi connectivity index (χ3n) is 2.47. The first-order chi connectivity index (χ1) is 9.76. The van der Waals surface area contributed by atoms with Crippen molar-refractivity contribution < 1.29 is 4.79 Å². The highest BCUT2D eigenvalue weighted by Gasteiger charge is 2.11. The number of carbonyl (C=O) groups is 1. The summed E-state index contributed by atoms with van der Waals surface area (Å²) in [6.45, 7) is 0. The summed E-state index contributed by atoms with van der Waals surface area (Å²) >= 11 is 0. The van der Waals surface area contributed by atoms with E-state index in [0.717, 1.165) is 5.56 Å². The first-order valence-corrected chi connectivity index (χ1v) is 5.46. The summed E-state index contributed by atoms with van der Waals surface area (Å²) in [7, 11) is 0. The van der Waals surface area contributed by atoms with Crippen LogP contribution in [-0.2, 0) is 0 Å². The molecule has 0 aliphatic heterocycles. The Labute approximate surface area is 113 Å². The molecule has 0 radical (unpaired) electrons. The van der Waals surface area contributed by atoms with Crippen LogP contribution in [0, 0.1) is 0 Å². The van der Waals surface area contributed by atoms with Crippen molar-refractivity contribution in [2.24, 2.45) is 10.2 Å². The van der Waals surface area contributed by atoms with E-state index in [1.165, 1.54) is 12.3 Å². The van der Waals surface area contributed by atoms with Gasteiger partial charge in [0.15, 0.2) is 0 Å². The number of nitrogens with zero attached hydrogens (tertiary/aromatic N) is 7. The van der Waals surface area contributed by atoms with Crippen LogP contribution in [0.4, 0.5) is 5.69 Å². The number of azide groups is 2. The Bertz CT molecular complexity index is 744. The molecule has 0 saturated heterocycles. The summed E-state index contributed by atoms with van der Waals surface area (Å²) in [6.07, 6.45) is 1.23. The maximum atomic E-state index is 11.5. The minimum atomic E-state index is -0.845. The van der Waals surface area contributed by atoms with Gasteiger partial charge in [-0.1, -0.05) is 35.4 Å². The molecule has 0 saturated carbocycles. The molecule has 0 atom stereocenters. The molecule has 1 aromatic carbocycles. The minimum absolute atomic E-state index is 0.0414. The molecule has 0 unspecified atom stereocenters. The van der Waals surface area contributed by atoms with Crippen LogP contribution in [0.3, 0.4) is 0 Å². The van der Waals surface area contributed by atoms with Gasteiger partial charge in [-0.2, -0.15) is 0 Å². The number of rotatable bonds is 3. The number of amides is 1. The lowest BCUT2D eigenvalue weighted by Gasteiger charge is -2.04. The highest BCUT2D eigenvalue weighted by Crippen LogP contribution is 2.26. The van der Waals surface area contributed by atoms with Crippen molar-refractivity contribution in [1.29, 1.82) is 0 Å². The second-order valence-corrected chi connectivity index (χ2v) is 3.64. The van der Waals surface area contributed by atoms with Crippen molar-refractivity contribution in [2.45, 2.75) is 0 Å². The molecule has 0 bridgehead atoms. The van der Waals surface area contributed by atoms with Crippen molar-refractivity contribution >= 4 is 11.6 Å². The molecule has 0 aliphatic rings. The first kappa shape index (κ1) is 13.1. The van der Waals surface area contributed by atoms with Crippen molar-refractivity contribution in [3.8, 4) is 11.3 Å². The largest absolute Gasteiger partial charge is 0.287 e. The number of hydrogen-bond donors (Lipinski definition) is 0. The van der Waals surface area contributed by atoms with Gasteiger partial charge in [-0.15, -0.1) is 0 Å². The summed E-state index contributed by atoms with van der Waals surface area (Å²) in [5.74, 6) is -0.845. The summed E-state index contributed by atoms with van der Waals surface area (Å²) < 4.78 is 0. The zero-order valence-corrected chi connectivity index (χ0v) is 10.1. The number of aromatic nitrogens is 1. The topological polar surface area (TPSA) is 127 Å². The molecule has 0 spiro atoms. The molecule has 2 rings (SSSR count). The normalized spacial score (nSPS) is 9.20. The predicted octanol–water partition coefficient (Wildman–Crippen LogP) is 4.14. The Balaban J connectivity index is 2.56. The summed E-state index contributed by atoms with van der Waals surface area (Å²) in [6, 6.07) is 10.7. The van der Waals surface area contributed by atoms with E-state index in [9.17, 15) is 4.79 Å². The summed E-state index contributed by atoms with van der Waals surface area (Å²) in [5, 5.41) is 6.39. The van der Waals surface area contributed by atoms with Crippen LogP contribution in [0.25, 0.3) is 32.1 Å². The fourth-order valence-electron chi connectivity index (χ4n) is 1.60. The van der Waals surface area contributed by atoms with Crippen LogP contribution in [0.15, 0.2) is 52.8 Å². The van der Waals surface area contributed by atoms with Crippen LogP contribution in [0.1, 0.15) is 10.4 Å². The Hall–Kier alpha value is -3.34. The fourth-order valence-corrected chi connectivity index (χ4v) is 1.60. The summed E-state index contributed by atoms with van der Waals surface area (Å²) in [5.41, 5.74) is 18.2. The summed E-state index contributed by atoms with van der Waals surface area (Å²) in [4.78, 5) is 20.7. The molecule has 0 aliphatic carbocycles. The third kappa shape index (κ3) is 2.73. The van der Waals surface area contributed by atoms with Gasteiger partial charge in [0.25, 0.3) is 5.91 Å². The van der Waals surface area contributed by atoms with Gasteiger partial charge in [0.1, 0.15) is 0 Å². The lowest BCUT2D eigenvalue weighted by molar-refractivity contribution is 0.100. The Morgan fingerprint density at radius 1 is 1.15 bits per heavy atom. The second kappa shape index (κ2) is 6.01. The number of benzene rings is 1. The molecular formula is C12H7N7O. The second-order valence-electron chi connectivity index (χ2n) is 3.64. The lowest BCUT2D eigenvalue weighted by atomic mass is 10.1. The molecule has 0 fully saturated rings. The molecule has 8 heteroatoms. The van der Waals surface area contributed by atoms with E-state index in [4.69, 9.17) is 11.1 Å². The van der Waals surface area contributed by atoms with E-state index < -0.39 is 5.91 Å². The van der Waals surface area contributed by atoms with E-state index in [1.54, 1.807) is 0 Å². The maximum absolute atomic E-state index is 11.5. The van der Waals surface area contributed by atoms with Gasteiger partial charge in [-0.3, -0.25) is 9.78 Å². The monoisotopic (exact) mass is 265 g/mol. The van der Waals surface area contributed by atoms with Crippen LogP contribution in [0.5, 0.6) is 0 Å². The van der Waals surface area contributed by atoms with Gasteiger partial charge in [0.05, 0.1) is 16.9 Å². The highest BCUT2D eigenvalue weighted by atomic mass is 16.1. The van der Waals surface area contributed by atoms with Crippen molar-refractivity contribution in [3.05, 3.63) is 69.0 Å². The van der Waals surface area contributed by atoms with E-state index in [0.29, 0.717) is 5.69 Å². The quantitative estimate of drug-likeness (QED) is 0.469. The van der Waals surface area contributed by atoms with Crippen LogP contribution >= 0.6 is 0 Å². The van der Waals surface area contributed by atoms with Gasteiger partial charge < -0.3 is 0 Å². The maximum Gasteiger partial charge on any atom is 0.251 e. The lowest BCUT2D eigenvalue weighted by Crippen LogP contribution is -1.96. The minimum Gasteiger partial charge on any atom is -0.287 e. The van der Waals surface area contributed by atoms with Crippen molar-refractivity contribution in [1.82, 2.24) is 4.98 Å². The molecule has 96 valence electrons. The fraction of sp³-hybridized carbons (Fsp3) is 0. The number of hydrogen-bond acceptors (Lipinski definition) is 3. The average molecular weight is 265 g/mol. The van der Waals surface area contributed by atoms with Gasteiger partial charge >= 0.3 is 0 Å². The average Bonchev–Trinajstić information content (AvgIpc) is 2.48. The molecule has 0 N–H and O–H groups in total. The van der Waals surface area contributed by atoms with E-state index in [1.807, 2.05) is 30.3 Å². The molecule has 1 heterocycles. The van der Waals surface area contributed by atoms with Gasteiger partial charge in [0.2, 0.25) is 0 Å². The smallest absolute Gasteiger partial charge is 0.251 e. The van der Waals surface area contributed by atoms with Crippen molar-refractivity contribution in [2.75, 3.05) is 0 Å². The molecule has 20 heavy (non-hydrogen) atoms. The van der Waals surface area contributed by atoms with Crippen LogP contribution < -0.4 is 0 Å². The molecule has 2 aromatic rings. The molecule has 1 aromatic heterocycles.